The number of benzene rings is 2. The molecular formula is C21H19N3O2S2. The lowest BCUT2D eigenvalue weighted by molar-refractivity contribution is 0.103. The lowest BCUT2D eigenvalue weighted by Gasteiger charge is -2.25. The molecule has 3 heterocycles. The summed E-state index contributed by atoms with van der Waals surface area (Å²) in [5.41, 5.74) is 2.79. The van der Waals surface area contributed by atoms with E-state index in [1.807, 2.05) is 37.3 Å². The first-order valence-electron chi connectivity index (χ1n) is 9.22. The lowest BCUT2D eigenvalue weighted by atomic mass is 10.1. The van der Waals surface area contributed by atoms with Crippen LogP contribution in [0.1, 0.15) is 15.2 Å². The molecule has 0 radical (unpaired) electrons. The number of hydrogen-bond donors (Lipinski definition) is 1. The number of nitrogens with zero attached hydrogens (tertiary/aromatic N) is 2. The molecule has 0 atom stereocenters. The summed E-state index contributed by atoms with van der Waals surface area (Å²) < 4.78 is 7.63. The first-order valence-corrected chi connectivity index (χ1v) is 10.8. The van der Waals surface area contributed by atoms with Crippen molar-refractivity contribution in [3.63, 3.8) is 0 Å². The van der Waals surface area contributed by atoms with Crippen molar-refractivity contribution in [2.75, 3.05) is 36.5 Å². The molecule has 28 heavy (non-hydrogen) atoms. The Morgan fingerprint density at radius 1 is 1.11 bits per heavy atom. The molecule has 5 rings (SSSR count). The minimum Gasteiger partial charge on any atom is -0.378 e. The maximum absolute atomic E-state index is 12.9. The largest absolute Gasteiger partial charge is 0.378 e. The van der Waals surface area contributed by atoms with Gasteiger partial charge in [-0.1, -0.05) is 29.5 Å². The van der Waals surface area contributed by atoms with Crippen LogP contribution in [0, 0.1) is 6.92 Å². The molecule has 1 amide bonds. The van der Waals surface area contributed by atoms with Crippen LogP contribution in [-0.2, 0) is 4.74 Å². The third kappa shape index (κ3) is 3.15. The first-order chi connectivity index (χ1) is 13.7. The van der Waals surface area contributed by atoms with Crippen LogP contribution in [0.25, 0.3) is 20.3 Å². The van der Waals surface area contributed by atoms with Crippen LogP contribution in [0.3, 0.4) is 0 Å². The number of rotatable bonds is 3. The first kappa shape index (κ1) is 17.6. The van der Waals surface area contributed by atoms with E-state index in [2.05, 4.69) is 22.3 Å². The third-order valence-corrected chi connectivity index (χ3v) is 7.32. The van der Waals surface area contributed by atoms with Crippen molar-refractivity contribution in [2.24, 2.45) is 0 Å². The van der Waals surface area contributed by atoms with Gasteiger partial charge in [0, 0.05) is 23.5 Å². The summed E-state index contributed by atoms with van der Waals surface area (Å²) in [5.74, 6) is -0.0593. The van der Waals surface area contributed by atoms with E-state index >= 15 is 0 Å². The number of nitrogens with one attached hydrogen (secondary N) is 1. The predicted octanol–water partition coefficient (Wildman–Crippen LogP) is 4.91. The summed E-state index contributed by atoms with van der Waals surface area (Å²) in [4.78, 5) is 20.6. The number of thiazole rings is 1. The number of carbonyl (C=O) groups excluding carboxylic acids is 1. The van der Waals surface area contributed by atoms with Gasteiger partial charge < -0.3 is 15.0 Å². The van der Waals surface area contributed by atoms with Crippen molar-refractivity contribution < 1.29 is 9.53 Å². The number of amides is 1. The SMILES string of the molecule is Cc1c(C(=O)Nc2ccc3nc(N4CCOCC4)sc3c2)sc2ccccc12. The molecule has 1 aliphatic heterocycles. The number of carbonyl (C=O) groups is 1. The number of hydrogen-bond acceptors (Lipinski definition) is 6. The smallest absolute Gasteiger partial charge is 0.266 e. The Balaban J connectivity index is 1.41. The number of thiophene rings is 1. The van der Waals surface area contributed by atoms with Crippen molar-refractivity contribution in [3.05, 3.63) is 52.9 Å². The zero-order valence-corrected chi connectivity index (χ0v) is 17.0. The monoisotopic (exact) mass is 409 g/mol. The lowest BCUT2D eigenvalue weighted by Crippen LogP contribution is -2.36. The van der Waals surface area contributed by atoms with Gasteiger partial charge in [0.05, 0.1) is 28.3 Å². The Kier molecular flexibility index (Phi) is 4.50. The number of fused-ring (bicyclic) bond motifs is 2. The molecule has 7 heteroatoms. The molecule has 0 bridgehead atoms. The molecule has 1 fully saturated rings. The fourth-order valence-electron chi connectivity index (χ4n) is 3.46. The van der Waals surface area contributed by atoms with E-state index in [1.54, 1.807) is 11.3 Å². The van der Waals surface area contributed by atoms with Crippen molar-refractivity contribution in [2.45, 2.75) is 6.92 Å². The van der Waals surface area contributed by atoms with E-state index in [-0.39, 0.29) is 5.91 Å². The standard InChI is InChI=1S/C21H19N3O2S2/c1-13-15-4-2-3-5-17(15)27-19(13)20(25)22-14-6-7-16-18(12-14)28-21(23-16)24-8-10-26-11-9-24/h2-7,12H,8-11H2,1H3,(H,22,25). The Bertz CT molecular complexity index is 1180. The fraction of sp³-hybridized carbons (Fsp3) is 0.238. The van der Waals surface area contributed by atoms with E-state index in [0.29, 0.717) is 0 Å². The summed E-state index contributed by atoms with van der Waals surface area (Å²) in [5, 5.41) is 5.22. The molecule has 0 spiro atoms. The average Bonchev–Trinajstić information content (AvgIpc) is 3.30. The highest BCUT2D eigenvalue weighted by Crippen LogP contribution is 2.33. The highest BCUT2D eigenvalue weighted by atomic mass is 32.1. The zero-order chi connectivity index (χ0) is 19.1. The maximum Gasteiger partial charge on any atom is 0.266 e. The number of anilines is 2. The molecule has 142 valence electrons. The van der Waals surface area contributed by atoms with E-state index in [4.69, 9.17) is 9.72 Å². The van der Waals surface area contributed by atoms with E-state index in [1.165, 1.54) is 11.3 Å². The van der Waals surface area contributed by atoms with Crippen LogP contribution in [-0.4, -0.2) is 37.2 Å². The molecule has 0 unspecified atom stereocenters. The van der Waals surface area contributed by atoms with Crippen molar-refractivity contribution in [3.8, 4) is 0 Å². The van der Waals surface area contributed by atoms with Gasteiger partial charge >= 0.3 is 0 Å². The molecule has 1 aliphatic rings. The van der Waals surface area contributed by atoms with Crippen LogP contribution in [0.5, 0.6) is 0 Å². The zero-order valence-electron chi connectivity index (χ0n) is 15.4. The van der Waals surface area contributed by atoms with Crippen LogP contribution in [0.2, 0.25) is 0 Å². The van der Waals surface area contributed by atoms with E-state index in [9.17, 15) is 4.79 Å². The van der Waals surface area contributed by atoms with Crippen LogP contribution in [0.4, 0.5) is 10.8 Å². The van der Waals surface area contributed by atoms with Gasteiger partial charge in [-0.15, -0.1) is 11.3 Å². The second-order valence-corrected chi connectivity index (χ2v) is 8.85. The van der Waals surface area contributed by atoms with Crippen molar-refractivity contribution in [1.82, 2.24) is 4.98 Å². The van der Waals surface area contributed by atoms with E-state index < -0.39 is 0 Å². The molecule has 5 nitrogen and oxygen atoms in total. The molecule has 0 saturated carbocycles. The normalized spacial score (nSPS) is 14.7. The summed E-state index contributed by atoms with van der Waals surface area (Å²) in [7, 11) is 0. The van der Waals surface area contributed by atoms with Crippen molar-refractivity contribution >= 4 is 59.7 Å². The second kappa shape index (κ2) is 7.16. The topological polar surface area (TPSA) is 54.5 Å². The van der Waals surface area contributed by atoms with Crippen LogP contribution >= 0.6 is 22.7 Å². The van der Waals surface area contributed by atoms with Gasteiger partial charge in [0.2, 0.25) is 0 Å². The molecule has 2 aromatic heterocycles. The minimum absolute atomic E-state index is 0.0593. The molecular weight excluding hydrogens is 390 g/mol. The van der Waals surface area contributed by atoms with Gasteiger partial charge in [0.1, 0.15) is 0 Å². The summed E-state index contributed by atoms with van der Waals surface area (Å²) in [6.07, 6.45) is 0. The van der Waals surface area contributed by atoms with Gasteiger partial charge in [0.15, 0.2) is 5.13 Å². The quantitative estimate of drug-likeness (QED) is 0.522. The molecule has 2 aromatic carbocycles. The van der Waals surface area contributed by atoms with Gasteiger partial charge in [0.25, 0.3) is 5.91 Å². The predicted molar refractivity (Wildman–Crippen MR) is 117 cm³/mol. The van der Waals surface area contributed by atoms with E-state index in [0.717, 1.165) is 67.9 Å². The van der Waals surface area contributed by atoms with Crippen molar-refractivity contribution in [1.29, 1.82) is 0 Å². The summed E-state index contributed by atoms with van der Waals surface area (Å²) >= 11 is 3.20. The highest BCUT2D eigenvalue weighted by Gasteiger charge is 2.17. The number of morpholine rings is 1. The number of aryl methyl sites for hydroxylation is 1. The average molecular weight is 410 g/mol. The molecule has 1 saturated heterocycles. The van der Waals surface area contributed by atoms with Gasteiger partial charge in [-0.25, -0.2) is 4.98 Å². The number of aromatic nitrogens is 1. The molecule has 1 N–H and O–H groups in total. The molecule has 0 aliphatic carbocycles. The second-order valence-electron chi connectivity index (χ2n) is 6.78. The minimum atomic E-state index is -0.0593. The third-order valence-electron chi connectivity index (χ3n) is 4.97. The van der Waals surface area contributed by atoms with Gasteiger partial charge in [-0.3, -0.25) is 4.79 Å². The van der Waals surface area contributed by atoms with Crippen LogP contribution < -0.4 is 10.2 Å². The Morgan fingerprint density at radius 2 is 1.93 bits per heavy atom. The van der Waals surface area contributed by atoms with Gasteiger partial charge in [-0.05, 0) is 42.1 Å². The molecule has 4 aromatic rings. The summed E-state index contributed by atoms with van der Waals surface area (Å²) in [6.45, 7) is 5.23. The Labute approximate surface area is 170 Å². The van der Waals surface area contributed by atoms with Crippen LogP contribution in [0.15, 0.2) is 42.5 Å². The summed E-state index contributed by atoms with van der Waals surface area (Å²) in [6, 6.07) is 14.0. The number of ether oxygens (including phenoxy) is 1. The fourth-order valence-corrected chi connectivity index (χ4v) is 5.62. The Hall–Kier alpha value is -2.48. The highest BCUT2D eigenvalue weighted by molar-refractivity contribution is 7.22. The maximum atomic E-state index is 12.9. The Morgan fingerprint density at radius 3 is 2.75 bits per heavy atom. The van der Waals surface area contributed by atoms with Gasteiger partial charge in [-0.2, -0.15) is 0 Å².